The second kappa shape index (κ2) is 5.25. The standard InChI is InChI=1S/C17H13FN2O/c1-11(20-13-8-6-12(18)7-9-13)17(21)15-10-19-16-5-3-2-4-14(15)16/h2-10,19-20H,1H2. The molecule has 0 unspecified atom stereocenters. The van der Waals surface area contributed by atoms with Gasteiger partial charge < -0.3 is 10.3 Å². The average molecular weight is 280 g/mol. The molecule has 4 heteroatoms. The molecule has 0 aliphatic heterocycles. The van der Waals surface area contributed by atoms with Gasteiger partial charge in [-0.15, -0.1) is 0 Å². The number of aromatic nitrogens is 1. The number of carbonyl (C=O) groups excluding carboxylic acids is 1. The number of carbonyl (C=O) groups is 1. The van der Waals surface area contributed by atoms with Crippen LogP contribution in [-0.2, 0) is 0 Å². The molecule has 0 amide bonds. The predicted molar refractivity (Wildman–Crippen MR) is 81.8 cm³/mol. The molecule has 3 nitrogen and oxygen atoms in total. The Morgan fingerprint density at radius 2 is 1.81 bits per heavy atom. The second-order valence-electron chi connectivity index (χ2n) is 4.69. The fourth-order valence-corrected chi connectivity index (χ4v) is 2.19. The number of H-pyrrole nitrogens is 1. The summed E-state index contributed by atoms with van der Waals surface area (Å²) in [6, 6.07) is 13.3. The highest BCUT2D eigenvalue weighted by Crippen LogP contribution is 2.21. The van der Waals surface area contributed by atoms with Gasteiger partial charge >= 0.3 is 0 Å². The molecule has 0 aliphatic carbocycles. The van der Waals surface area contributed by atoms with E-state index in [1.54, 1.807) is 18.3 Å². The summed E-state index contributed by atoms with van der Waals surface area (Å²) in [5, 5.41) is 3.75. The molecule has 3 rings (SSSR count). The highest BCUT2D eigenvalue weighted by molar-refractivity contribution is 6.16. The molecule has 3 aromatic rings. The zero-order valence-electron chi connectivity index (χ0n) is 11.2. The first kappa shape index (κ1) is 13.1. The fraction of sp³-hybridized carbons (Fsp3) is 0. The Bertz CT molecular complexity index is 818. The van der Waals surface area contributed by atoms with Crippen LogP contribution >= 0.6 is 0 Å². The average Bonchev–Trinajstić information content (AvgIpc) is 2.92. The zero-order chi connectivity index (χ0) is 14.8. The lowest BCUT2D eigenvalue weighted by Crippen LogP contribution is -2.10. The first-order valence-corrected chi connectivity index (χ1v) is 6.47. The van der Waals surface area contributed by atoms with E-state index in [9.17, 15) is 9.18 Å². The summed E-state index contributed by atoms with van der Waals surface area (Å²) in [6.07, 6.45) is 1.67. The van der Waals surface area contributed by atoms with Crippen molar-refractivity contribution in [2.45, 2.75) is 0 Å². The maximum Gasteiger partial charge on any atom is 0.210 e. The van der Waals surface area contributed by atoms with Crippen molar-refractivity contribution in [2.24, 2.45) is 0 Å². The van der Waals surface area contributed by atoms with Crippen LogP contribution in [0.15, 0.2) is 67.0 Å². The van der Waals surface area contributed by atoms with Crippen molar-refractivity contribution in [3.8, 4) is 0 Å². The topological polar surface area (TPSA) is 44.9 Å². The molecule has 1 heterocycles. The predicted octanol–water partition coefficient (Wildman–Crippen LogP) is 4.12. The first-order chi connectivity index (χ1) is 10.1. The molecule has 0 fully saturated rings. The van der Waals surface area contributed by atoms with Crippen LogP contribution < -0.4 is 5.32 Å². The van der Waals surface area contributed by atoms with Crippen LogP contribution in [0.5, 0.6) is 0 Å². The summed E-state index contributed by atoms with van der Waals surface area (Å²) >= 11 is 0. The van der Waals surface area contributed by atoms with E-state index in [-0.39, 0.29) is 17.3 Å². The summed E-state index contributed by atoms with van der Waals surface area (Å²) < 4.78 is 12.9. The van der Waals surface area contributed by atoms with E-state index in [2.05, 4.69) is 16.9 Å². The van der Waals surface area contributed by atoms with Crippen LogP contribution in [0, 0.1) is 5.82 Å². The minimum absolute atomic E-state index is 0.197. The monoisotopic (exact) mass is 280 g/mol. The SMILES string of the molecule is C=C(Nc1ccc(F)cc1)C(=O)c1c[nH]c2ccccc12. The normalized spacial score (nSPS) is 10.5. The van der Waals surface area contributed by atoms with Crippen molar-refractivity contribution >= 4 is 22.4 Å². The van der Waals surface area contributed by atoms with Gasteiger partial charge in [0.2, 0.25) is 5.78 Å². The van der Waals surface area contributed by atoms with Crippen LogP contribution in [0.1, 0.15) is 10.4 Å². The summed E-state index contributed by atoms with van der Waals surface area (Å²) in [5.74, 6) is -0.522. The minimum atomic E-state index is -0.325. The molecule has 104 valence electrons. The van der Waals surface area contributed by atoms with E-state index in [4.69, 9.17) is 0 Å². The van der Waals surface area contributed by atoms with Crippen molar-refractivity contribution in [3.63, 3.8) is 0 Å². The Labute approximate surface area is 121 Å². The van der Waals surface area contributed by atoms with Crippen LogP contribution in [0.4, 0.5) is 10.1 Å². The van der Waals surface area contributed by atoms with Crippen LogP contribution in [0.2, 0.25) is 0 Å². The van der Waals surface area contributed by atoms with E-state index >= 15 is 0 Å². The third-order valence-corrected chi connectivity index (χ3v) is 3.25. The lowest BCUT2D eigenvalue weighted by Gasteiger charge is -2.08. The van der Waals surface area contributed by atoms with Gasteiger partial charge in [0.1, 0.15) is 5.82 Å². The van der Waals surface area contributed by atoms with Crippen molar-refractivity contribution in [2.75, 3.05) is 5.32 Å². The number of allylic oxidation sites excluding steroid dienone is 1. The van der Waals surface area contributed by atoms with E-state index in [0.29, 0.717) is 11.3 Å². The van der Waals surface area contributed by atoms with E-state index in [0.717, 1.165) is 10.9 Å². The molecule has 0 saturated carbocycles. The number of fused-ring (bicyclic) bond motifs is 1. The number of nitrogens with one attached hydrogen (secondary N) is 2. The molecule has 21 heavy (non-hydrogen) atoms. The van der Waals surface area contributed by atoms with Gasteiger partial charge in [-0.1, -0.05) is 24.8 Å². The Kier molecular flexibility index (Phi) is 3.28. The highest BCUT2D eigenvalue weighted by Gasteiger charge is 2.15. The molecule has 0 radical (unpaired) electrons. The number of para-hydroxylation sites is 1. The Morgan fingerprint density at radius 3 is 2.57 bits per heavy atom. The molecular formula is C17H13FN2O. The van der Waals surface area contributed by atoms with E-state index < -0.39 is 0 Å². The molecule has 0 bridgehead atoms. The van der Waals surface area contributed by atoms with E-state index in [1.807, 2.05) is 24.3 Å². The maximum absolute atomic E-state index is 12.9. The van der Waals surface area contributed by atoms with Crippen LogP contribution in [0.25, 0.3) is 10.9 Å². The summed E-state index contributed by atoms with van der Waals surface area (Å²) in [6.45, 7) is 3.77. The summed E-state index contributed by atoms with van der Waals surface area (Å²) in [5.41, 5.74) is 2.32. The Morgan fingerprint density at radius 1 is 1.10 bits per heavy atom. The van der Waals surface area contributed by atoms with E-state index in [1.165, 1.54) is 12.1 Å². The number of hydrogen-bond donors (Lipinski definition) is 2. The summed E-state index contributed by atoms with van der Waals surface area (Å²) in [7, 11) is 0. The number of Topliss-reactive ketones (excluding diaryl/α,β-unsaturated/α-hetero) is 1. The number of aromatic amines is 1. The molecule has 0 spiro atoms. The van der Waals surface area contributed by atoms with Gasteiger partial charge in [-0.2, -0.15) is 0 Å². The number of rotatable bonds is 4. The third-order valence-electron chi connectivity index (χ3n) is 3.25. The molecular weight excluding hydrogens is 267 g/mol. The lowest BCUT2D eigenvalue weighted by atomic mass is 10.1. The highest BCUT2D eigenvalue weighted by atomic mass is 19.1. The van der Waals surface area contributed by atoms with Gasteiger partial charge in [-0.05, 0) is 30.3 Å². The van der Waals surface area contributed by atoms with Gasteiger partial charge in [-0.25, -0.2) is 4.39 Å². The zero-order valence-corrected chi connectivity index (χ0v) is 11.2. The van der Waals surface area contributed by atoms with Crippen molar-refractivity contribution in [3.05, 3.63) is 78.4 Å². The number of ketones is 1. The maximum atomic E-state index is 12.9. The Hall–Kier alpha value is -2.88. The quantitative estimate of drug-likeness (QED) is 0.558. The molecule has 2 aromatic carbocycles. The van der Waals surface area contributed by atoms with Crippen LogP contribution in [0.3, 0.4) is 0 Å². The number of anilines is 1. The smallest absolute Gasteiger partial charge is 0.210 e. The molecule has 0 atom stereocenters. The van der Waals surface area contributed by atoms with Crippen LogP contribution in [-0.4, -0.2) is 10.8 Å². The molecule has 0 aliphatic rings. The molecule has 2 N–H and O–H groups in total. The largest absolute Gasteiger partial charge is 0.360 e. The minimum Gasteiger partial charge on any atom is -0.360 e. The van der Waals surface area contributed by atoms with Crippen molar-refractivity contribution in [1.29, 1.82) is 0 Å². The van der Waals surface area contributed by atoms with Crippen molar-refractivity contribution < 1.29 is 9.18 Å². The number of halogens is 1. The first-order valence-electron chi connectivity index (χ1n) is 6.47. The fourth-order valence-electron chi connectivity index (χ4n) is 2.19. The van der Waals surface area contributed by atoms with Gasteiger partial charge in [0.05, 0.1) is 5.70 Å². The number of benzene rings is 2. The molecule has 1 aromatic heterocycles. The van der Waals surface area contributed by atoms with Crippen molar-refractivity contribution in [1.82, 2.24) is 4.98 Å². The lowest BCUT2D eigenvalue weighted by molar-refractivity contribution is 0.103. The number of hydrogen-bond acceptors (Lipinski definition) is 2. The Balaban J connectivity index is 1.84. The third kappa shape index (κ3) is 2.56. The van der Waals surface area contributed by atoms with Gasteiger partial charge in [0.25, 0.3) is 0 Å². The summed E-state index contributed by atoms with van der Waals surface area (Å²) in [4.78, 5) is 15.5. The molecule has 0 saturated heterocycles. The van der Waals surface area contributed by atoms with Gasteiger partial charge in [-0.3, -0.25) is 4.79 Å². The van der Waals surface area contributed by atoms with Gasteiger partial charge in [0.15, 0.2) is 0 Å². The van der Waals surface area contributed by atoms with Gasteiger partial charge in [0, 0.05) is 28.4 Å². The second-order valence-corrected chi connectivity index (χ2v) is 4.69.